The van der Waals surface area contributed by atoms with Crippen LogP contribution >= 0.6 is 11.8 Å². The van der Waals surface area contributed by atoms with Crippen LogP contribution in [0.1, 0.15) is 30.6 Å². The van der Waals surface area contributed by atoms with Gasteiger partial charge in [-0.3, -0.25) is 9.59 Å². The predicted octanol–water partition coefficient (Wildman–Crippen LogP) is 3.51. The molecular weight excluding hydrogens is 386 g/mol. The summed E-state index contributed by atoms with van der Waals surface area (Å²) in [5.74, 6) is -0.535. The van der Waals surface area contributed by atoms with Gasteiger partial charge in [-0.05, 0) is 24.1 Å². The van der Waals surface area contributed by atoms with Crippen LogP contribution in [0.5, 0.6) is 0 Å². The molecule has 2 aromatic carbocycles. The molecule has 2 aliphatic rings. The van der Waals surface area contributed by atoms with Crippen molar-refractivity contribution in [3.63, 3.8) is 0 Å². The van der Waals surface area contributed by atoms with Gasteiger partial charge in [-0.15, -0.1) is 11.8 Å². The van der Waals surface area contributed by atoms with Gasteiger partial charge in [0.25, 0.3) is 0 Å². The van der Waals surface area contributed by atoms with Gasteiger partial charge in [0.2, 0.25) is 5.91 Å². The number of nitrogens with zero attached hydrogens (tertiary/aromatic N) is 1. The number of amides is 1. The van der Waals surface area contributed by atoms with Gasteiger partial charge in [0.1, 0.15) is 12.3 Å². The van der Waals surface area contributed by atoms with Crippen molar-refractivity contribution in [2.45, 2.75) is 35.6 Å². The molecule has 0 aliphatic carbocycles. The first-order chi connectivity index (χ1) is 14.0. The lowest BCUT2D eigenvalue weighted by Gasteiger charge is -2.38. The number of hydrogen-bond donors (Lipinski definition) is 0. The smallest absolute Gasteiger partial charge is 0.331 e. The summed E-state index contributed by atoms with van der Waals surface area (Å²) >= 11 is 1.52. The van der Waals surface area contributed by atoms with E-state index in [0.717, 1.165) is 11.1 Å². The molecule has 2 aliphatic heterocycles. The molecule has 0 saturated carbocycles. The van der Waals surface area contributed by atoms with Crippen LogP contribution in [0.15, 0.2) is 72.8 Å². The van der Waals surface area contributed by atoms with Crippen LogP contribution in [0, 0.1) is 0 Å². The molecule has 4 rings (SSSR count). The van der Waals surface area contributed by atoms with E-state index >= 15 is 0 Å². The molecule has 0 radical (unpaired) electrons. The van der Waals surface area contributed by atoms with Crippen molar-refractivity contribution in [1.82, 2.24) is 4.90 Å². The van der Waals surface area contributed by atoms with Crippen LogP contribution in [0.2, 0.25) is 0 Å². The van der Waals surface area contributed by atoms with Crippen molar-refractivity contribution in [1.29, 1.82) is 0 Å². The van der Waals surface area contributed by atoms with Crippen LogP contribution < -0.4 is 0 Å². The van der Waals surface area contributed by atoms with E-state index in [-0.39, 0.29) is 11.3 Å². The fraction of sp³-hybridized carbons (Fsp3) is 0.261. The molecule has 0 spiro atoms. The van der Waals surface area contributed by atoms with Gasteiger partial charge in [0.05, 0.1) is 16.5 Å². The Morgan fingerprint density at radius 1 is 1.14 bits per heavy atom. The SMILES string of the molecule is C[C@]1(/C=C/C=O)S[C@@H]2CC(=O)N2[C@H]1C(=O)OC(c1ccccc1)c1ccccc1. The topological polar surface area (TPSA) is 63.7 Å². The van der Waals surface area contributed by atoms with E-state index < -0.39 is 22.9 Å². The molecule has 29 heavy (non-hydrogen) atoms. The van der Waals surface area contributed by atoms with Gasteiger partial charge in [-0.2, -0.15) is 0 Å². The first kappa shape index (κ1) is 19.5. The molecule has 148 valence electrons. The molecular formula is C23H21NO4S. The summed E-state index contributed by atoms with van der Waals surface area (Å²) in [6.07, 6.45) is 3.59. The molecule has 3 atom stereocenters. The zero-order valence-electron chi connectivity index (χ0n) is 15.9. The van der Waals surface area contributed by atoms with Crippen LogP contribution in [-0.4, -0.2) is 39.2 Å². The van der Waals surface area contributed by atoms with Gasteiger partial charge in [0.15, 0.2) is 6.10 Å². The maximum atomic E-state index is 13.4. The van der Waals surface area contributed by atoms with E-state index in [0.29, 0.717) is 12.7 Å². The fourth-order valence-electron chi connectivity index (χ4n) is 3.92. The maximum Gasteiger partial charge on any atom is 0.331 e. The Morgan fingerprint density at radius 3 is 2.24 bits per heavy atom. The number of ether oxygens (including phenoxy) is 1. The first-order valence-corrected chi connectivity index (χ1v) is 10.3. The number of hydrogen-bond acceptors (Lipinski definition) is 5. The minimum Gasteiger partial charge on any atom is -0.451 e. The number of aldehydes is 1. The summed E-state index contributed by atoms with van der Waals surface area (Å²) < 4.78 is 5.30. The number of β-lactam (4-membered cyclic amide) rings is 1. The average molecular weight is 407 g/mol. The van der Waals surface area contributed by atoms with Crippen molar-refractivity contribution in [3.8, 4) is 0 Å². The summed E-state index contributed by atoms with van der Waals surface area (Å²) in [6, 6.07) is 18.3. The Bertz CT molecular complexity index is 906. The summed E-state index contributed by atoms with van der Waals surface area (Å²) in [5, 5.41) is -0.0618. The van der Waals surface area contributed by atoms with Crippen LogP contribution in [-0.2, 0) is 19.1 Å². The molecule has 1 amide bonds. The zero-order chi connectivity index (χ0) is 20.4. The second-order valence-corrected chi connectivity index (χ2v) is 8.96. The van der Waals surface area contributed by atoms with Crippen LogP contribution in [0.25, 0.3) is 0 Å². The van der Waals surface area contributed by atoms with Gasteiger partial charge in [0, 0.05) is 0 Å². The lowest BCUT2D eigenvalue weighted by atomic mass is 9.95. The van der Waals surface area contributed by atoms with E-state index in [4.69, 9.17) is 4.74 Å². The quantitative estimate of drug-likeness (QED) is 0.317. The molecule has 2 saturated heterocycles. The van der Waals surface area contributed by atoms with Gasteiger partial charge in [-0.25, -0.2) is 4.79 Å². The molecule has 5 nitrogen and oxygen atoms in total. The van der Waals surface area contributed by atoms with Crippen LogP contribution in [0.3, 0.4) is 0 Å². The zero-order valence-corrected chi connectivity index (χ0v) is 16.7. The largest absolute Gasteiger partial charge is 0.451 e. The number of carbonyl (C=O) groups is 3. The highest BCUT2D eigenvalue weighted by Crippen LogP contribution is 2.52. The number of allylic oxidation sites excluding steroid dienone is 1. The number of fused-ring (bicyclic) bond motifs is 1. The Hall–Kier alpha value is -2.86. The average Bonchev–Trinajstić information content (AvgIpc) is 2.99. The lowest BCUT2D eigenvalue weighted by molar-refractivity contribution is -0.163. The number of thioether (sulfide) groups is 1. The highest BCUT2D eigenvalue weighted by atomic mass is 32.2. The van der Waals surface area contributed by atoms with Crippen molar-refractivity contribution >= 4 is 29.9 Å². The standard InChI is InChI=1S/C23H21NO4S/c1-23(13-8-14-25)21(24-18(26)15-19(24)29-23)22(27)28-20(16-9-4-2-5-10-16)17-11-6-3-7-12-17/h2-14,19-21H,15H2,1H3/b13-8+/t19-,21+,23-/m1/s1. The maximum absolute atomic E-state index is 13.4. The molecule has 0 unspecified atom stereocenters. The third-order valence-corrected chi connectivity index (χ3v) is 6.86. The van der Waals surface area contributed by atoms with Crippen LogP contribution in [0.4, 0.5) is 0 Å². The minimum absolute atomic E-state index is 0.0618. The molecule has 6 heteroatoms. The number of carbonyl (C=O) groups excluding carboxylic acids is 3. The van der Waals surface area contributed by atoms with Crippen molar-refractivity contribution < 1.29 is 19.1 Å². The third-order valence-electron chi connectivity index (χ3n) is 5.33. The Kier molecular flexibility index (Phi) is 5.28. The summed E-state index contributed by atoms with van der Waals surface area (Å²) in [4.78, 5) is 38.1. The van der Waals surface area contributed by atoms with E-state index in [1.54, 1.807) is 11.0 Å². The highest BCUT2D eigenvalue weighted by Gasteiger charge is 2.60. The highest BCUT2D eigenvalue weighted by molar-refractivity contribution is 8.01. The van der Waals surface area contributed by atoms with E-state index in [1.165, 1.54) is 17.8 Å². The van der Waals surface area contributed by atoms with E-state index in [2.05, 4.69) is 0 Å². The number of esters is 1. The molecule has 2 heterocycles. The monoisotopic (exact) mass is 407 g/mol. The summed E-state index contributed by atoms with van der Waals surface area (Å²) in [5.41, 5.74) is 1.71. The summed E-state index contributed by atoms with van der Waals surface area (Å²) in [6.45, 7) is 1.87. The van der Waals surface area contributed by atoms with Crippen molar-refractivity contribution in [3.05, 3.63) is 83.9 Å². The minimum atomic E-state index is -0.773. The lowest BCUT2D eigenvalue weighted by Crippen LogP contribution is -2.57. The van der Waals surface area contributed by atoms with E-state index in [9.17, 15) is 14.4 Å². The summed E-state index contributed by atoms with van der Waals surface area (Å²) in [7, 11) is 0. The van der Waals surface area contributed by atoms with E-state index in [1.807, 2.05) is 67.6 Å². The Morgan fingerprint density at radius 2 is 1.72 bits per heavy atom. The number of benzene rings is 2. The van der Waals surface area contributed by atoms with Gasteiger partial charge < -0.3 is 9.64 Å². The molecule has 2 fully saturated rings. The van der Waals surface area contributed by atoms with Crippen molar-refractivity contribution in [2.75, 3.05) is 0 Å². The second-order valence-electron chi connectivity index (χ2n) is 7.30. The first-order valence-electron chi connectivity index (χ1n) is 9.46. The van der Waals surface area contributed by atoms with Gasteiger partial charge >= 0.3 is 5.97 Å². The number of rotatable bonds is 6. The Labute approximate surface area is 173 Å². The molecule has 0 N–H and O–H groups in total. The van der Waals surface area contributed by atoms with Gasteiger partial charge in [-0.1, -0.05) is 66.7 Å². The molecule has 2 aromatic rings. The second kappa shape index (κ2) is 7.87. The van der Waals surface area contributed by atoms with Crippen molar-refractivity contribution in [2.24, 2.45) is 0 Å². The molecule has 0 bridgehead atoms. The predicted molar refractivity (Wildman–Crippen MR) is 111 cm³/mol. The Balaban J connectivity index is 1.67. The normalized spacial score (nSPS) is 25.7. The third kappa shape index (κ3) is 3.60. The fourth-order valence-corrected chi connectivity index (χ4v) is 5.58. The molecule has 0 aromatic heterocycles.